The van der Waals surface area contributed by atoms with Gasteiger partial charge in [-0.05, 0) is 61.3 Å². The summed E-state index contributed by atoms with van der Waals surface area (Å²) < 4.78 is 31.5. The number of aliphatic hydroxyl groups is 1. The number of benzene rings is 2. The Bertz CT molecular complexity index is 660. The van der Waals surface area contributed by atoms with Crippen LogP contribution < -0.4 is 4.74 Å². The standard InChI is InChI=1S/C19H21F2NO2/c20-16-4-2-15(3-5-16)12-22-11-1-10-19(23,13-22)14-24-18-8-6-17(21)7-9-18/h2-9,23H,1,10-14H2. The normalized spacial score (nSPS) is 21.6. The minimum Gasteiger partial charge on any atom is -0.491 e. The van der Waals surface area contributed by atoms with E-state index in [0.717, 1.165) is 18.5 Å². The fourth-order valence-corrected chi connectivity index (χ4v) is 3.06. The molecule has 3 rings (SSSR count). The number of β-amino-alcohol motifs (C(OH)–C–C–N with tert-alkyl or cyclic N) is 1. The number of piperidine rings is 1. The third-order valence-electron chi connectivity index (χ3n) is 4.27. The minimum absolute atomic E-state index is 0.165. The summed E-state index contributed by atoms with van der Waals surface area (Å²) >= 11 is 0. The molecule has 1 aliphatic heterocycles. The predicted octanol–water partition coefficient (Wildman–Crippen LogP) is 3.37. The van der Waals surface area contributed by atoms with Crippen molar-refractivity contribution < 1.29 is 18.6 Å². The van der Waals surface area contributed by atoms with Gasteiger partial charge in [-0.2, -0.15) is 0 Å². The molecule has 128 valence electrons. The van der Waals surface area contributed by atoms with Crippen molar-refractivity contribution in [3.05, 3.63) is 65.7 Å². The van der Waals surface area contributed by atoms with Gasteiger partial charge in [0.1, 0.15) is 29.6 Å². The van der Waals surface area contributed by atoms with Gasteiger partial charge in [0.15, 0.2) is 0 Å². The second-order valence-corrected chi connectivity index (χ2v) is 6.41. The molecular weight excluding hydrogens is 312 g/mol. The van der Waals surface area contributed by atoms with Gasteiger partial charge < -0.3 is 9.84 Å². The molecule has 1 fully saturated rings. The fraction of sp³-hybridized carbons (Fsp3) is 0.368. The molecule has 1 saturated heterocycles. The molecular formula is C19H21F2NO2. The van der Waals surface area contributed by atoms with Crippen LogP contribution in [0.3, 0.4) is 0 Å². The largest absolute Gasteiger partial charge is 0.491 e. The lowest BCUT2D eigenvalue weighted by atomic mass is 9.93. The fourth-order valence-electron chi connectivity index (χ4n) is 3.06. The lowest BCUT2D eigenvalue weighted by Gasteiger charge is -2.39. The van der Waals surface area contributed by atoms with Crippen LogP contribution in [-0.4, -0.2) is 35.3 Å². The van der Waals surface area contributed by atoms with Gasteiger partial charge in [0, 0.05) is 13.1 Å². The average Bonchev–Trinajstić information content (AvgIpc) is 2.57. The first-order valence-electron chi connectivity index (χ1n) is 8.10. The molecule has 1 aliphatic rings. The van der Waals surface area contributed by atoms with Crippen molar-refractivity contribution in [3.8, 4) is 5.75 Å². The van der Waals surface area contributed by atoms with E-state index in [9.17, 15) is 13.9 Å². The van der Waals surface area contributed by atoms with Crippen molar-refractivity contribution in [1.82, 2.24) is 4.90 Å². The van der Waals surface area contributed by atoms with Crippen LogP contribution in [0, 0.1) is 11.6 Å². The van der Waals surface area contributed by atoms with Crippen molar-refractivity contribution in [2.45, 2.75) is 25.0 Å². The van der Waals surface area contributed by atoms with Crippen LogP contribution in [0.4, 0.5) is 8.78 Å². The predicted molar refractivity (Wildman–Crippen MR) is 87.8 cm³/mol. The Morgan fingerprint density at radius 2 is 1.62 bits per heavy atom. The van der Waals surface area contributed by atoms with Crippen LogP contribution in [0.2, 0.25) is 0 Å². The van der Waals surface area contributed by atoms with Gasteiger partial charge in [-0.25, -0.2) is 8.78 Å². The highest BCUT2D eigenvalue weighted by atomic mass is 19.1. The van der Waals surface area contributed by atoms with E-state index >= 15 is 0 Å². The summed E-state index contributed by atoms with van der Waals surface area (Å²) in [5.41, 5.74) is 0.0762. The Kier molecular flexibility index (Phi) is 5.11. The Morgan fingerprint density at radius 3 is 2.29 bits per heavy atom. The number of likely N-dealkylation sites (tertiary alicyclic amines) is 1. The molecule has 0 radical (unpaired) electrons. The number of hydrogen-bond acceptors (Lipinski definition) is 3. The van der Waals surface area contributed by atoms with Crippen molar-refractivity contribution in [2.75, 3.05) is 19.7 Å². The quantitative estimate of drug-likeness (QED) is 0.911. The summed E-state index contributed by atoms with van der Waals surface area (Å²) in [6, 6.07) is 12.2. The van der Waals surface area contributed by atoms with E-state index in [2.05, 4.69) is 4.90 Å². The molecule has 0 amide bonds. The van der Waals surface area contributed by atoms with E-state index in [1.54, 1.807) is 24.3 Å². The first-order valence-corrected chi connectivity index (χ1v) is 8.10. The Labute approximate surface area is 140 Å². The summed E-state index contributed by atoms with van der Waals surface area (Å²) in [5.74, 6) is -0.0220. The Balaban J connectivity index is 1.56. The maximum atomic E-state index is 13.0. The smallest absolute Gasteiger partial charge is 0.123 e. The van der Waals surface area contributed by atoms with Gasteiger partial charge in [-0.15, -0.1) is 0 Å². The molecule has 1 atom stereocenters. The van der Waals surface area contributed by atoms with E-state index in [0.29, 0.717) is 25.3 Å². The van der Waals surface area contributed by atoms with Gasteiger partial charge in [0.2, 0.25) is 0 Å². The van der Waals surface area contributed by atoms with Crippen LogP contribution in [0.1, 0.15) is 18.4 Å². The van der Waals surface area contributed by atoms with E-state index < -0.39 is 5.60 Å². The van der Waals surface area contributed by atoms with Crippen molar-refractivity contribution in [3.63, 3.8) is 0 Å². The van der Waals surface area contributed by atoms with Gasteiger partial charge in [0.05, 0.1) is 0 Å². The highest BCUT2D eigenvalue weighted by molar-refractivity contribution is 5.22. The molecule has 0 aromatic heterocycles. The summed E-state index contributed by atoms with van der Waals surface area (Å²) in [7, 11) is 0. The van der Waals surface area contributed by atoms with Gasteiger partial charge >= 0.3 is 0 Å². The van der Waals surface area contributed by atoms with Crippen LogP contribution in [0.5, 0.6) is 5.75 Å². The molecule has 0 bridgehead atoms. The average molecular weight is 333 g/mol. The Morgan fingerprint density at radius 1 is 1.00 bits per heavy atom. The number of rotatable bonds is 5. The zero-order valence-electron chi connectivity index (χ0n) is 13.4. The topological polar surface area (TPSA) is 32.7 Å². The SMILES string of the molecule is OC1(COc2ccc(F)cc2)CCCN(Cc2ccc(F)cc2)C1. The molecule has 24 heavy (non-hydrogen) atoms. The first kappa shape index (κ1) is 16.9. The van der Waals surface area contributed by atoms with Crippen LogP contribution in [0.15, 0.2) is 48.5 Å². The number of hydrogen-bond donors (Lipinski definition) is 1. The van der Waals surface area contributed by atoms with Gasteiger partial charge in [-0.3, -0.25) is 4.90 Å². The number of halogens is 2. The molecule has 5 heteroatoms. The molecule has 0 aliphatic carbocycles. The monoisotopic (exact) mass is 333 g/mol. The lowest BCUT2D eigenvalue weighted by Crippen LogP contribution is -2.51. The summed E-state index contributed by atoms with van der Waals surface area (Å²) in [6.45, 7) is 2.21. The van der Waals surface area contributed by atoms with Crippen molar-refractivity contribution in [1.29, 1.82) is 0 Å². The zero-order valence-corrected chi connectivity index (χ0v) is 13.4. The van der Waals surface area contributed by atoms with E-state index in [-0.39, 0.29) is 18.2 Å². The summed E-state index contributed by atoms with van der Waals surface area (Å²) in [5, 5.41) is 10.8. The van der Waals surface area contributed by atoms with Crippen molar-refractivity contribution in [2.24, 2.45) is 0 Å². The molecule has 2 aromatic carbocycles. The second kappa shape index (κ2) is 7.28. The zero-order chi connectivity index (χ0) is 17.0. The third kappa shape index (κ3) is 4.52. The molecule has 1 unspecified atom stereocenters. The number of nitrogens with zero attached hydrogens (tertiary/aromatic N) is 1. The first-order chi connectivity index (χ1) is 11.5. The molecule has 1 N–H and O–H groups in total. The van der Waals surface area contributed by atoms with Gasteiger partial charge in [-0.1, -0.05) is 12.1 Å². The summed E-state index contributed by atoms with van der Waals surface area (Å²) in [6.07, 6.45) is 1.53. The lowest BCUT2D eigenvalue weighted by molar-refractivity contribution is -0.0621. The van der Waals surface area contributed by atoms with Crippen LogP contribution in [-0.2, 0) is 6.54 Å². The van der Waals surface area contributed by atoms with E-state index in [1.807, 2.05) is 0 Å². The maximum Gasteiger partial charge on any atom is 0.123 e. The molecule has 1 heterocycles. The second-order valence-electron chi connectivity index (χ2n) is 6.41. The molecule has 3 nitrogen and oxygen atoms in total. The van der Waals surface area contributed by atoms with E-state index in [1.165, 1.54) is 24.3 Å². The summed E-state index contributed by atoms with van der Waals surface area (Å²) in [4.78, 5) is 2.14. The third-order valence-corrected chi connectivity index (χ3v) is 4.27. The molecule has 0 spiro atoms. The highest BCUT2D eigenvalue weighted by Gasteiger charge is 2.34. The van der Waals surface area contributed by atoms with Crippen molar-refractivity contribution >= 4 is 0 Å². The number of ether oxygens (including phenoxy) is 1. The molecule has 2 aromatic rings. The highest BCUT2D eigenvalue weighted by Crippen LogP contribution is 2.24. The maximum absolute atomic E-state index is 13.0. The van der Waals surface area contributed by atoms with E-state index in [4.69, 9.17) is 4.74 Å². The molecule has 0 saturated carbocycles. The Hall–Kier alpha value is -1.98. The van der Waals surface area contributed by atoms with Gasteiger partial charge in [0.25, 0.3) is 0 Å². The van der Waals surface area contributed by atoms with Crippen LogP contribution in [0.25, 0.3) is 0 Å². The minimum atomic E-state index is -0.938. The van der Waals surface area contributed by atoms with Crippen LogP contribution >= 0.6 is 0 Å².